The van der Waals surface area contributed by atoms with Crippen molar-refractivity contribution in [2.24, 2.45) is 0 Å². The first-order valence-electron chi connectivity index (χ1n) is 4.55. The molecule has 1 aromatic carbocycles. The van der Waals surface area contributed by atoms with Crippen LogP contribution in [-0.2, 0) is 0 Å². The van der Waals surface area contributed by atoms with Gasteiger partial charge in [0.25, 0.3) is 0 Å². The quantitative estimate of drug-likeness (QED) is 0.667. The lowest BCUT2D eigenvalue weighted by molar-refractivity contribution is 0.627. The second-order valence-corrected chi connectivity index (χ2v) is 3.75. The van der Waals surface area contributed by atoms with Crippen molar-refractivity contribution >= 4 is 11.6 Å². The van der Waals surface area contributed by atoms with Crippen LogP contribution < -0.4 is 0 Å². The number of hydrogen-bond acceptors (Lipinski definition) is 1. The Bertz CT molecular complexity index is 476. The van der Waals surface area contributed by atoms with Gasteiger partial charge < -0.3 is 0 Å². The minimum Gasteiger partial charge on any atom is -0.236 e. The van der Waals surface area contributed by atoms with E-state index in [2.05, 4.69) is 4.98 Å². The zero-order valence-electron chi connectivity index (χ0n) is 8.17. The third-order valence-electron chi connectivity index (χ3n) is 2.05. The smallest absolute Gasteiger partial charge is 0.129 e. The maximum absolute atomic E-state index is 13.2. The predicted octanol–water partition coefficient (Wildman–Crippen LogP) is 3.85. The number of benzene rings is 1. The van der Waals surface area contributed by atoms with Crippen LogP contribution in [0.15, 0.2) is 36.4 Å². The molecule has 0 N–H and O–H groups in total. The van der Waals surface area contributed by atoms with E-state index < -0.39 is 0 Å². The Morgan fingerprint density at radius 1 is 1.20 bits per heavy atom. The molecule has 0 spiro atoms. The molecule has 0 aliphatic carbocycles. The Labute approximate surface area is 92.5 Å². The number of pyridine rings is 1. The number of halogens is 2. The second-order valence-electron chi connectivity index (χ2n) is 3.36. The predicted molar refractivity (Wildman–Crippen MR) is 59.4 cm³/mol. The lowest BCUT2D eigenvalue weighted by Crippen LogP contribution is -1.86. The molecule has 0 aliphatic heterocycles. The van der Waals surface area contributed by atoms with Crippen molar-refractivity contribution in [3.63, 3.8) is 0 Å². The molecule has 0 fully saturated rings. The number of nitrogens with zero attached hydrogens (tertiary/aromatic N) is 1. The van der Waals surface area contributed by atoms with E-state index in [0.717, 1.165) is 11.1 Å². The van der Waals surface area contributed by atoms with Crippen LogP contribution in [0.5, 0.6) is 0 Å². The van der Waals surface area contributed by atoms with Gasteiger partial charge in [-0.1, -0.05) is 17.7 Å². The Balaban J connectivity index is 2.54. The van der Waals surface area contributed by atoms with Gasteiger partial charge in [0.2, 0.25) is 0 Å². The standard InChI is InChI=1S/C12H9ClFN/c1-8-5-9(7-10(14)6-8)11-3-2-4-12(13)15-11/h2-7H,1H3. The molecule has 0 atom stereocenters. The normalized spacial score (nSPS) is 10.3. The van der Waals surface area contributed by atoms with Crippen molar-refractivity contribution in [3.8, 4) is 11.3 Å². The largest absolute Gasteiger partial charge is 0.236 e. The average molecular weight is 222 g/mol. The van der Waals surface area contributed by atoms with Crippen LogP contribution >= 0.6 is 11.6 Å². The lowest BCUT2D eigenvalue weighted by Gasteiger charge is -2.03. The van der Waals surface area contributed by atoms with Crippen LogP contribution in [0.4, 0.5) is 4.39 Å². The monoisotopic (exact) mass is 221 g/mol. The van der Waals surface area contributed by atoms with Crippen LogP contribution in [0.25, 0.3) is 11.3 Å². The van der Waals surface area contributed by atoms with Crippen molar-refractivity contribution in [2.45, 2.75) is 6.92 Å². The van der Waals surface area contributed by atoms with Crippen LogP contribution in [0, 0.1) is 12.7 Å². The van der Waals surface area contributed by atoms with E-state index in [9.17, 15) is 4.39 Å². The molecular formula is C12H9ClFN. The highest BCUT2D eigenvalue weighted by molar-refractivity contribution is 6.29. The van der Waals surface area contributed by atoms with E-state index in [-0.39, 0.29) is 5.82 Å². The minimum absolute atomic E-state index is 0.258. The molecule has 2 aromatic rings. The Kier molecular flexibility index (Phi) is 2.69. The molecule has 0 saturated carbocycles. The molecule has 3 heteroatoms. The van der Waals surface area contributed by atoms with Gasteiger partial charge >= 0.3 is 0 Å². The summed E-state index contributed by atoms with van der Waals surface area (Å²) in [5.74, 6) is -0.258. The molecular weight excluding hydrogens is 213 g/mol. The molecule has 1 aromatic heterocycles. The molecule has 76 valence electrons. The van der Waals surface area contributed by atoms with Gasteiger partial charge in [0, 0.05) is 5.56 Å². The van der Waals surface area contributed by atoms with E-state index in [0.29, 0.717) is 10.8 Å². The molecule has 1 nitrogen and oxygen atoms in total. The van der Waals surface area contributed by atoms with Gasteiger partial charge in [-0.25, -0.2) is 9.37 Å². The van der Waals surface area contributed by atoms with Crippen LogP contribution in [0.3, 0.4) is 0 Å². The Hall–Kier alpha value is -1.41. The third-order valence-corrected chi connectivity index (χ3v) is 2.26. The topological polar surface area (TPSA) is 12.9 Å². The summed E-state index contributed by atoms with van der Waals surface area (Å²) in [6, 6.07) is 10.1. The van der Waals surface area contributed by atoms with Crippen LogP contribution in [0.2, 0.25) is 5.15 Å². The zero-order valence-corrected chi connectivity index (χ0v) is 8.92. The van der Waals surface area contributed by atoms with Crippen molar-refractivity contribution in [1.82, 2.24) is 4.98 Å². The minimum atomic E-state index is -0.258. The molecule has 2 rings (SSSR count). The van der Waals surface area contributed by atoms with E-state index in [1.807, 2.05) is 13.0 Å². The van der Waals surface area contributed by atoms with Gasteiger partial charge in [0.15, 0.2) is 0 Å². The second kappa shape index (κ2) is 3.99. The van der Waals surface area contributed by atoms with Gasteiger partial charge in [-0.3, -0.25) is 0 Å². The molecule has 0 aliphatic rings. The molecule has 15 heavy (non-hydrogen) atoms. The Morgan fingerprint density at radius 3 is 2.67 bits per heavy atom. The first-order chi connectivity index (χ1) is 7.15. The first-order valence-corrected chi connectivity index (χ1v) is 4.93. The van der Waals surface area contributed by atoms with E-state index in [1.165, 1.54) is 12.1 Å². The maximum atomic E-state index is 13.2. The van der Waals surface area contributed by atoms with Crippen LogP contribution in [0.1, 0.15) is 5.56 Å². The lowest BCUT2D eigenvalue weighted by atomic mass is 10.1. The summed E-state index contributed by atoms with van der Waals surface area (Å²) in [5, 5.41) is 0.411. The maximum Gasteiger partial charge on any atom is 0.129 e. The number of hydrogen-bond donors (Lipinski definition) is 0. The fraction of sp³-hybridized carbons (Fsp3) is 0.0833. The highest BCUT2D eigenvalue weighted by Gasteiger charge is 2.02. The summed E-state index contributed by atoms with van der Waals surface area (Å²) in [5.41, 5.74) is 2.30. The van der Waals surface area contributed by atoms with Crippen LogP contribution in [-0.4, -0.2) is 4.98 Å². The summed E-state index contributed by atoms with van der Waals surface area (Å²) < 4.78 is 13.2. The van der Waals surface area contributed by atoms with E-state index in [1.54, 1.807) is 18.2 Å². The number of rotatable bonds is 1. The van der Waals surface area contributed by atoms with Crippen molar-refractivity contribution in [1.29, 1.82) is 0 Å². The van der Waals surface area contributed by atoms with Crippen molar-refractivity contribution in [3.05, 3.63) is 52.9 Å². The highest BCUT2D eigenvalue weighted by Crippen LogP contribution is 2.21. The average Bonchev–Trinajstić information content (AvgIpc) is 2.16. The fourth-order valence-corrected chi connectivity index (χ4v) is 1.62. The fourth-order valence-electron chi connectivity index (χ4n) is 1.45. The van der Waals surface area contributed by atoms with E-state index in [4.69, 9.17) is 11.6 Å². The summed E-state index contributed by atoms with van der Waals surface area (Å²) >= 11 is 5.77. The molecule has 0 saturated heterocycles. The summed E-state index contributed by atoms with van der Waals surface area (Å²) in [4.78, 5) is 4.12. The number of aryl methyl sites for hydroxylation is 1. The van der Waals surface area contributed by atoms with Gasteiger partial charge in [-0.05, 0) is 42.8 Å². The first kappa shape index (κ1) is 10.1. The zero-order chi connectivity index (χ0) is 10.8. The number of aromatic nitrogens is 1. The van der Waals surface area contributed by atoms with Crippen molar-refractivity contribution in [2.75, 3.05) is 0 Å². The highest BCUT2D eigenvalue weighted by atomic mass is 35.5. The van der Waals surface area contributed by atoms with Gasteiger partial charge in [-0.2, -0.15) is 0 Å². The summed E-state index contributed by atoms with van der Waals surface area (Å²) in [7, 11) is 0. The Morgan fingerprint density at radius 2 is 2.00 bits per heavy atom. The molecule has 0 amide bonds. The van der Waals surface area contributed by atoms with E-state index >= 15 is 0 Å². The van der Waals surface area contributed by atoms with Gasteiger partial charge in [0.1, 0.15) is 11.0 Å². The molecule has 0 bridgehead atoms. The van der Waals surface area contributed by atoms with Gasteiger partial charge in [0.05, 0.1) is 5.69 Å². The molecule has 0 radical (unpaired) electrons. The SMILES string of the molecule is Cc1cc(F)cc(-c2cccc(Cl)n2)c1. The van der Waals surface area contributed by atoms with Gasteiger partial charge in [-0.15, -0.1) is 0 Å². The van der Waals surface area contributed by atoms with Crippen molar-refractivity contribution < 1.29 is 4.39 Å². The summed E-state index contributed by atoms with van der Waals surface area (Å²) in [6.07, 6.45) is 0. The molecule has 0 unspecified atom stereocenters. The summed E-state index contributed by atoms with van der Waals surface area (Å²) in [6.45, 7) is 1.84. The molecule has 1 heterocycles. The third kappa shape index (κ3) is 2.34.